The van der Waals surface area contributed by atoms with E-state index in [2.05, 4.69) is 27.0 Å². The summed E-state index contributed by atoms with van der Waals surface area (Å²) < 4.78 is 58.2. The number of anilines is 2. The van der Waals surface area contributed by atoms with Crippen molar-refractivity contribution in [3.05, 3.63) is 40.5 Å². The Balaban J connectivity index is 1.55. The van der Waals surface area contributed by atoms with Crippen LogP contribution in [0.3, 0.4) is 0 Å². The van der Waals surface area contributed by atoms with E-state index in [1.165, 1.54) is 25.3 Å². The summed E-state index contributed by atoms with van der Waals surface area (Å²) in [5.41, 5.74) is -0.673. The molecule has 16 heteroatoms. The van der Waals surface area contributed by atoms with Crippen LogP contribution in [0.2, 0.25) is 0 Å². The van der Waals surface area contributed by atoms with Crippen LogP contribution in [0.15, 0.2) is 40.1 Å². The predicted octanol–water partition coefficient (Wildman–Crippen LogP) is 4.90. The molecule has 2 aliphatic rings. The maximum Gasteiger partial charge on any atom is 0.418 e. The number of piperidine rings is 1. The number of carbonyl (C=O) groups is 3. The Morgan fingerprint density at radius 1 is 1.15 bits per heavy atom. The summed E-state index contributed by atoms with van der Waals surface area (Å²) in [6.07, 6.45) is -2.17. The van der Waals surface area contributed by atoms with E-state index in [0.29, 0.717) is 69.6 Å². The summed E-state index contributed by atoms with van der Waals surface area (Å²) in [4.78, 5) is 53.2. The van der Waals surface area contributed by atoms with Crippen molar-refractivity contribution in [3.8, 4) is 11.3 Å². The highest BCUT2D eigenvalue weighted by molar-refractivity contribution is 7.16. The Morgan fingerprint density at radius 3 is 2.47 bits per heavy atom. The third kappa shape index (κ3) is 9.38. The lowest BCUT2D eigenvalue weighted by Crippen LogP contribution is -2.39. The molecule has 12 nitrogen and oxygen atoms in total. The van der Waals surface area contributed by atoms with Gasteiger partial charge in [0.25, 0.3) is 5.91 Å². The van der Waals surface area contributed by atoms with E-state index in [0.717, 1.165) is 17.4 Å². The van der Waals surface area contributed by atoms with Crippen molar-refractivity contribution in [2.75, 3.05) is 56.2 Å². The van der Waals surface area contributed by atoms with Gasteiger partial charge < -0.3 is 24.0 Å². The second-order valence-corrected chi connectivity index (χ2v) is 11.8. The molecule has 2 saturated heterocycles. The number of ether oxygens (including phenoxy) is 3. The number of rotatable bonds is 10. The highest BCUT2D eigenvalue weighted by Gasteiger charge is 2.36. The second-order valence-electron chi connectivity index (χ2n) is 10.7. The number of halogens is 3. The van der Waals surface area contributed by atoms with Crippen molar-refractivity contribution in [1.29, 1.82) is 0 Å². The lowest BCUT2D eigenvalue weighted by molar-refractivity contribution is -0.149. The fourth-order valence-corrected chi connectivity index (χ4v) is 6.05. The van der Waals surface area contributed by atoms with Crippen LogP contribution in [0.4, 0.5) is 24.0 Å². The van der Waals surface area contributed by atoms with E-state index in [1.54, 1.807) is 18.7 Å². The number of benzene rings is 1. The van der Waals surface area contributed by atoms with Gasteiger partial charge in [-0.2, -0.15) is 13.2 Å². The van der Waals surface area contributed by atoms with E-state index in [4.69, 9.17) is 14.2 Å². The zero-order chi connectivity index (χ0) is 34.1. The van der Waals surface area contributed by atoms with Gasteiger partial charge in [0.05, 0.1) is 48.1 Å². The number of carbonyl (C=O) groups excluding carboxylic acids is 3. The Morgan fingerprint density at radius 2 is 1.85 bits per heavy atom. The van der Waals surface area contributed by atoms with Crippen molar-refractivity contribution < 1.29 is 41.8 Å². The fraction of sp³-hybridized carbons (Fsp3) is 0.484. The number of nitrogens with one attached hydrogen (secondary N) is 1. The zero-order valence-electron chi connectivity index (χ0n) is 26.4. The summed E-state index contributed by atoms with van der Waals surface area (Å²) in [6.45, 7) is 10.7. The molecule has 0 saturated carbocycles. The molecule has 0 aliphatic carbocycles. The van der Waals surface area contributed by atoms with Crippen LogP contribution >= 0.6 is 11.3 Å². The van der Waals surface area contributed by atoms with Gasteiger partial charge in [0.15, 0.2) is 5.13 Å². The molecule has 1 amide bonds. The summed E-state index contributed by atoms with van der Waals surface area (Å²) >= 11 is 0.952. The molecule has 4 rings (SSSR count). The molecule has 47 heavy (non-hydrogen) atoms. The van der Waals surface area contributed by atoms with Gasteiger partial charge in [-0.3, -0.25) is 24.7 Å². The standard InChI is InChI=1S/C31H37F3N6O6S/c1-5-45-29(43)21-8-10-39(11-9-21)19(2)36-17-24(35-4)28(42)38-30-37-27(26(47-30)18-46-20(3)41)22-6-7-25(23(16-22)31(32,33)34)40-12-14-44-15-13-40/h6-7,16-17,21H,4-5,8-15,18H2,1-3H3,(H,37,38,42)/b24-17-,36-19+. The molecule has 0 atom stereocenters. The number of aliphatic imine (C=N–C) groups is 2. The van der Waals surface area contributed by atoms with Crippen LogP contribution in [0, 0.1) is 5.92 Å². The van der Waals surface area contributed by atoms with E-state index in [9.17, 15) is 27.6 Å². The minimum Gasteiger partial charge on any atom is -0.466 e. The molecule has 0 unspecified atom stereocenters. The monoisotopic (exact) mass is 678 g/mol. The van der Waals surface area contributed by atoms with Crippen LogP contribution in [-0.4, -0.2) is 86.3 Å². The maximum absolute atomic E-state index is 14.2. The topological polar surface area (TPSA) is 135 Å². The van der Waals surface area contributed by atoms with Gasteiger partial charge in [0, 0.05) is 44.4 Å². The van der Waals surface area contributed by atoms with Gasteiger partial charge in [0.1, 0.15) is 18.1 Å². The lowest BCUT2D eigenvalue weighted by atomic mass is 9.97. The van der Waals surface area contributed by atoms with Crippen molar-refractivity contribution in [1.82, 2.24) is 9.88 Å². The van der Waals surface area contributed by atoms with E-state index in [1.807, 2.05) is 4.90 Å². The zero-order valence-corrected chi connectivity index (χ0v) is 27.2. The minimum absolute atomic E-state index is 0.0286. The third-order valence-corrected chi connectivity index (χ3v) is 8.54. The lowest BCUT2D eigenvalue weighted by Gasteiger charge is -2.31. The first-order valence-corrected chi connectivity index (χ1v) is 15.8. The maximum atomic E-state index is 14.2. The molecule has 254 valence electrons. The second kappa shape index (κ2) is 16.0. The number of morpholine rings is 1. The Bertz CT molecular complexity index is 1530. The van der Waals surface area contributed by atoms with Crippen LogP contribution in [0.1, 0.15) is 44.1 Å². The SMILES string of the molecule is C=N/C(=C\N=C(/C)N1CCC(C(=O)OCC)CC1)C(=O)Nc1nc(-c2ccc(N3CCOCC3)c(C(F)(F)F)c2)c(COC(C)=O)s1. The first kappa shape index (κ1) is 35.5. The van der Waals surface area contributed by atoms with Gasteiger partial charge in [-0.05, 0) is 45.5 Å². The van der Waals surface area contributed by atoms with Crippen molar-refractivity contribution in [3.63, 3.8) is 0 Å². The summed E-state index contributed by atoms with van der Waals surface area (Å²) in [6, 6.07) is 3.91. The molecule has 2 aliphatic heterocycles. The van der Waals surface area contributed by atoms with Crippen LogP contribution < -0.4 is 10.2 Å². The molecule has 1 aromatic carbocycles. The number of thiazole rings is 1. The number of likely N-dealkylation sites (tertiary alicyclic amines) is 1. The number of hydrogen-bond acceptors (Lipinski definition) is 11. The van der Waals surface area contributed by atoms with Gasteiger partial charge in [-0.25, -0.2) is 9.98 Å². The number of alkyl halides is 3. The molecular formula is C31H37F3N6O6S. The molecule has 3 heterocycles. The molecule has 1 aromatic heterocycles. The molecule has 0 radical (unpaired) electrons. The van der Waals surface area contributed by atoms with Crippen LogP contribution in [0.25, 0.3) is 11.3 Å². The summed E-state index contributed by atoms with van der Waals surface area (Å²) in [5, 5.41) is 2.65. The number of amidine groups is 1. The number of nitrogens with zero attached hydrogens (tertiary/aromatic N) is 5. The fourth-order valence-electron chi connectivity index (χ4n) is 5.15. The highest BCUT2D eigenvalue weighted by atomic mass is 32.1. The molecule has 2 fully saturated rings. The van der Waals surface area contributed by atoms with Gasteiger partial charge >= 0.3 is 18.1 Å². The minimum atomic E-state index is -4.66. The Labute approximate surface area is 274 Å². The predicted molar refractivity (Wildman–Crippen MR) is 171 cm³/mol. The Kier molecular flexibility index (Phi) is 12.1. The molecule has 0 spiro atoms. The van der Waals surface area contributed by atoms with Gasteiger partial charge in [-0.15, -0.1) is 0 Å². The summed E-state index contributed by atoms with van der Waals surface area (Å²) in [7, 11) is 0. The molecule has 0 bridgehead atoms. The van der Waals surface area contributed by atoms with Crippen molar-refractivity contribution in [2.24, 2.45) is 15.9 Å². The highest BCUT2D eigenvalue weighted by Crippen LogP contribution is 2.41. The van der Waals surface area contributed by atoms with E-state index < -0.39 is 23.6 Å². The number of hydrogen-bond donors (Lipinski definition) is 1. The van der Waals surface area contributed by atoms with Crippen LogP contribution in [-0.2, 0) is 41.4 Å². The number of aromatic nitrogens is 1. The first-order valence-electron chi connectivity index (χ1n) is 15.0. The number of amides is 1. The first-order chi connectivity index (χ1) is 22.4. The Hall–Kier alpha value is -4.31. The van der Waals surface area contributed by atoms with Crippen molar-refractivity contribution in [2.45, 2.75) is 46.4 Å². The molecule has 2 aromatic rings. The summed E-state index contributed by atoms with van der Waals surface area (Å²) in [5.74, 6) is -1.04. The quantitative estimate of drug-likeness (QED) is 0.161. The third-order valence-electron chi connectivity index (χ3n) is 7.60. The smallest absolute Gasteiger partial charge is 0.418 e. The van der Waals surface area contributed by atoms with E-state index in [-0.39, 0.29) is 46.3 Å². The number of esters is 2. The molecular weight excluding hydrogens is 641 g/mol. The average Bonchev–Trinajstić information content (AvgIpc) is 3.46. The largest absolute Gasteiger partial charge is 0.466 e. The average molecular weight is 679 g/mol. The van der Waals surface area contributed by atoms with Gasteiger partial charge in [-0.1, -0.05) is 17.4 Å². The van der Waals surface area contributed by atoms with Gasteiger partial charge in [0.2, 0.25) is 0 Å². The van der Waals surface area contributed by atoms with E-state index >= 15 is 0 Å². The van der Waals surface area contributed by atoms with Crippen molar-refractivity contribution >= 4 is 52.6 Å². The van der Waals surface area contributed by atoms with Crippen LogP contribution in [0.5, 0.6) is 0 Å². The normalized spacial score (nSPS) is 16.6. The molecule has 1 N–H and O–H groups in total.